The number of likely N-dealkylation sites (N-methyl/N-ethyl adjacent to an activating group) is 1. The van der Waals surface area contributed by atoms with Crippen molar-refractivity contribution in [1.82, 2.24) is 10.2 Å². The van der Waals surface area contributed by atoms with Gasteiger partial charge in [-0.25, -0.2) is 0 Å². The van der Waals surface area contributed by atoms with Gasteiger partial charge in [0.05, 0.1) is 7.11 Å². The Labute approximate surface area is 103 Å². The number of nitrogens with zero attached hydrogens (tertiary/aromatic N) is 1. The maximum Gasteiger partial charge on any atom is 0.119 e. The van der Waals surface area contributed by atoms with Gasteiger partial charge in [0.15, 0.2) is 0 Å². The Kier molecular flexibility index (Phi) is 4.23. The SMILES string of the molecule is COc1ccc(NCC2CNCCN2C)cc1. The van der Waals surface area contributed by atoms with Crippen molar-refractivity contribution in [3.63, 3.8) is 0 Å². The van der Waals surface area contributed by atoms with E-state index in [9.17, 15) is 0 Å². The number of ether oxygens (including phenoxy) is 1. The molecule has 1 unspecified atom stereocenters. The minimum atomic E-state index is 0.561. The number of methoxy groups -OCH3 is 1. The van der Waals surface area contributed by atoms with E-state index in [0.29, 0.717) is 6.04 Å². The molecule has 4 heteroatoms. The van der Waals surface area contributed by atoms with Crippen LogP contribution in [-0.2, 0) is 0 Å². The van der Waals surface area contributed by atoms with Gasteiger partial charge in [-0.3, -0.25) is 4.90 Å². The summed E-state index contributed by atoms with van der Waals surface area (Å²) < 4.78 is 5.13. The van der Waals surface area contributed by atoms with Crippen molar-refractivity contribution in [3.05, 3.63) is 24.3 Å². The molecule has 1 aliphatic heterocycles. The number of benzene rings is 1. The molecule has 1 fully saturated rings. The van der Waals surface area contributed by atoms with E-state index < -0.39 is 0 Å². The standard InChI is InChI=1S/C13H21N3O/c1-16-8-7-14-9-12(16)10-15-11-3-5-13(17-2)6-4-11/h3-6,12,14-15H,7-10H2,1-2H3. The van der Waals surface area contributed by atoms with E-state index in [2.05, 4.69) is 34.7 Å². The zero-order valence-corrected chi connectivity index (χ0v) is 10.6. The van der Waals surface area contributed by atoms with Crippen LogP contribution in [0.3, 0.4) is 0 Å². The maximum absolute atomic E-state index is 5.13. The Hall–Kier alpha value is -1.26. The minimum absolute atomic E-state index is 0.561. The van der Waals surface area contributed by atoms with Gasteiger partial charge < -0.3 is 15.4 Å². The number of hydrogen-bond acceptors (Lipinski definition) is 4. The third kappa shape index (κ3) is 3.35. The van der Waals surface area contributed by atoms with E-state index in [1.54, 1.807) is 7.11 Å². The summed E-state index contributed by atoms with van der Waals surface area (Å²) in [5, 5.41) is 6.88. The average Bonchev–Trinajstić information content (AvgIpc) is 2.38. The predicted molar refractivity (Wildman–Crippen MR) is 70.8 cm³/mol. The van der Waals surface area contributed by atoms with Gasteiger partial charge in [-0.1, -0.05) is 0 Å². The highest BCUT2D eigenvalue weighted by Gasteiger charge is 2.17. The molecule has 1 aromatic rings. The highest BCUT2D eigenvalue weighted by molar-refractivity contribution is 5.46. The largest absolute Gasteiger partial charge is 0.497 e. The molecule has 0 radical (unpaired) electrons. The molecular formula is C13H21N3O. The second-order valence-corrected chi connectivity index (χ2v) is 4.45. The average molecular weight is 235 g/mol. The quantitative estimate of drug-likeness (QED) is 0.816. The smallest absolute Gasteiger partial charge is 0.119 e. The first kappa shape index (κ1) is 12.2. The molecule has 2 N–H and O–H groups in total. The molecular weight excluding hydrogens is 214 g/mol. The van der Waals surface area contributed by atoms with E-state index in [1.807, 2.05) is 12.1 Å². The van der Waals surface area contributed by atoms with Gasteiger partial charge in [0, 0.05) is 37.9 Å². The van der Waals surface area contributed by atoms with Gasteiger partial charge in [-0.2, -0.15) is 0 Å². The van der Waals surface area contributed by atoms with E-state index in [1.165, 1.54) is 0 Å². The van der Waals surface area contributed by atoms with Crippen molar-refractivity contribution in [1.29, 1.82) is 0 Å². The van der Waals surface area contributed by atoms with Crippen molar-refractivity contribution in [2.75, 3.05) is 45.7 Å². The first-order chi connectivity index (χ1) is 8.29. The van der Waals surface area contributed by atoms with Crippen molar-refractivity contribution in [2.45, 2.75) is 6.04 Å². The molecule has 4 nitrogen and oxygen atoms in total. The molecule has 0 spiro atoms. The number of rotatable bonds is 4. The van der Waals surface area contributed by atoms with Crippen LogP contribution in [0.1, 0.15) is 0 Å². The Morgan fingerprint density at radius 1 is 1.41 bits per heavy atom. The third-order valence-electron chi connectivity index (χ3n) is 3.28. The lowest BCUT2D eigenvalue weighted by Crippen LogP contribution is -2.52. The first-order valence-corrected chi connectivity index (χ1v) is 6.08. The fraction of sp³-hybridized carbons (Fsp3) is 0.538. The maximum atomic E-state index is 5.13. The van der Waals surface area contributed by atoms with Crippen LogP contribution in [0.5, 0.6) is 5.75 Å². The second-order valence-electron chi connectivity index (χ2n) is 4.45. The lowest BCUT2D eigenvalue weighted by molar-refractivity contribution is 0.209. The van der Waals surface area contributed by atoms with E-state index >= 15 is 0 Å². The Morgan fingerprint density at radius 3 is 2.82 bits per heavy atom. The fourth-order valence-electron chi connectivity index (χ4n) is 2.04. The van der Waals surface area contributed by atoms with Crippen LogP contribution in [0.25, 0.3) is 0 Å². The van der Waals surface area contributed by atoms with Gasteiger partial charge >= 0.3 is 0 Å². The first-order valence-electron chi connectivity index (χ1n) is 6.08. The molecule has 1 atom stereocenters. The van der Waals surface area contributed by atoms with E-state index in [0.717, 1.165) is 37.6 Å². The van der Waals surface area contributed by atoms with Gasteiger partial charge in [0.1, 0.15) is 5.75 Å². The van der Waals surface area contributed by atoms with Crippen molar-refractivity contribution in [3.8, 4) is 5.75 Å². The summed E-state index contributed by atoms with van der Waals surface area (Å²) in [6, 6.07) is 8.62. The number of nitrogens with one attached hydrogen (secondary N) is 2. The second kappa shape index (κ2) is 5.89. The van der Waals surface area contributed by atoms with Gasteiger partial charge in [0.25, 0.3) is 0 Å². The number of anilines is 1. The summed E-state index contributed by atoms with van der Waals surface area (Å²) in [5.74, 6) is 0.895. The molecule has 0 saturated carbocycles. The molecule has 0 bridgehead atoms. The van der Waals surface area contributed by atoms with Crippen LogP contribution in [0, 0.1) is 0 Å². The molecule has 94 valence electrons. The highest BCUT2D eigenvalue weighted by atomic mass is 16.5. The zero-order chi connectivity index (χ0) is 12.1. The fourth-order valence-corrected chi connectivity index (χ4v) is 2.04. The molecule has 2 rings (SSSR count). The molecule has 1 saturated heterocycles. The minimum Gasteiger partial charge on any atom is -0.497 e. The summed E-state index contributed by atoms with van der Waals surface area (Å²) >= 11 is 0. The topological polar surface area (TPSA) is 36.5 Å². The van der Waals surface area contributed by atoms with Crippen LogP contribution in [0.2, 0.25) is 0 Å². The Bertz CT molecular complexity index is 339. The van der Waals surface area contributed by atoms with Crippen LogP contribution in [0.4, 0.5) is 5.69 Å². The van der Waals surface area contributed by atoms with E-state index in [-0.39, 0.29) is 0 Å². The van der Waals surface area contributed by atoms with Crippen molar-refractivity contribution < 1.29 is 4.74 Å². The van der Waals surface area contributed by atoms with Crippen LogP contribution in [0.15, 0.2) is 24.3 Å². The third-order valence-corrected chi connectivity index (χ3v) is 3.28. The Balaban J connectivity index is 1.84. The van der Waals surface area contributed by atoms with E-state index in [4.69, 9.17) is 4.74 Å². The van der Waals surface area contributed by atoms with Crippen molar-refractivity contribution in [2.24, 2.45) is 0 Å². The molecule has 1 heterocycles. The van der Waals surface area contributed by atoms with Gasteiger partial charge in [-0.15, -0.1) is 0 Å². The van der Waals surface area contributed by atoms with Crippen LogP contribution >= 0.6 is 0 Å². The molecule has 0 amide bonds. The number of hydrogen-bond donors (Lipinski definition) is 2. The van der Waals surface area contributed by atoms with Crippen molar-refractivity contribution >= 4 is 5.69 Å². The monoisotopic (exact) mass is 235 g/mol. The molecule has 1 aromatic carbocycles. The zero-order valence-electron chi connectivity index (χ0n) is 10.6. The van der Waals surface area contributed by atoms with Crippen LogP contribution in [-0.4, -0.2) is 51.3 Å². The molecule has 1 aliphatic rings. The predicted octanol–water partition coefficient (Wildman–Crippen LogP) is 1.01. The summed E-state index contributed by atoms with van der Waals surface area (Å²) in [7, 11) is 3.87. The molecule has 17 heavy (non-hydrogen) atoms. The lowest BCUT2D eigenvalue weighted by atomic mass is 10.2. The summed E-state index contributed by atoms with van der Waals surface area (Å²) in [6.07, 6.45) is 0. The summed E-state index contributed by atoms with van der Waals surface area (Å²) in [5.41, 5.74) is 1.14. The van der Waals surface area contributed by atoms with Gasteiger partial charge in [-0.05, 0) is 31.3 Å². The normalized spacial score (nSPS) is 21.2. The molecule has 0 aliphatic carbocycles. The van der Waals surface area contributed by atoms with Gasteiger partial charge in [0.2, 0.25) is 0 Å². The number of piperazine rings is 1. The highest BCUT2D eigenvalue weighted by Crippen LogP contribution is 2.15. The summed E-state index contributed by atoms with van der Waals surface area (Å²) in [4.78, 5) is 2.40. The molecule has 0 aromatic heterocycles. The summed E-state index contributed by atoms with van der Waals surface area (Å²) in [6.45, 7) is 4.24. The Morgan fingerprint density at radius 2 is 2.18 bits per heavy atom. The lowest BCUT2D eigenvalue weighted by Gasteiger charge is -2.33. The van der Waals surface area contributed by atoms with Crippen LogP contribution < -0.4 is 15.4 Å².